The number of likely N-dealkylation sites (tertiary alicyclic amines) is 1. The third-order valence-electron chi connectivity index (χ3n) is 4.86. The fourth-order valence-electron chi connectivity index (χ4n) is 3.48. The lowest BCUT2D eigenvalue weighted by atomic mass is 10.1. The van der Waals surface area contributed by atoms with E-state index >= 15 is 0 Å². The maximum Gasteiger partial charge on any atom is 0.255 e. The summed E-state index contributed by atoms with van der Waals surface area (Å²) >= 11 is 0. The van der Waals surface area contributed by atoms with Crippen molar-refractivity contribution in [1.29, 1.82) is 0 Å². The average Bonchev–Trinajstić information content (AvgIpc) is 3.21. The highest BCUT2D eigenvalue weighted by Crippen LogP contribution is 2.30. The normalized spacial score (nSPS) is 19.3. The lowest BCUT2D eigenvalue weighted by Gasteiger charge is -2.32. The Morgan fingerprint density at radius 1 is 1.28 bits per heavy atom. The highest BCUT2D eigenvalue weighted by Gasteiger charge is 2.31. The lowest BCUT2D eigenvalue weighted by molar-refractivity contribution is -0.135. The standard InChI is InChI=1S/C19H25N3O3/c1-14(20-18(23)15-9-12-25-13-15)19(24)22-11-5-3-4-7-17(22)16-8-6-10-21(16)2/h6,8-10,12-14,17H,3-5,7,11H2,1-2H3,(H,20,23). The summed E-state index contributed by atoms with van der Waals surface area (Å²) in [5.41, 5.74) is 1.57. The number of furan rings is 1. The molecule has 1 N–H and O–H groups in total. The second-order valence-electron chi connectivity index (χ2n) is 6.65. The Kier molecular flexibility index (Phi) is 5.26. The number of carbonyl (C=O) groups excluding carboxylic acids is 2. The minimum absolute atomic E-state index is 0.0371. The van der Waals surface area contributed by atoms with E-state index in [0.29, 0.717) is 5.56 Å². The average molecular weight is 343 g/mol. The van der Waals surface area contributed by atoms with Gasteiger partial charge in [-0.3, -0.25) is 9.59 Å². The van der Waals surface area contributed by atoms with Gasteiger partial charge in [-0.2, -0.15) is 0 Å². The van der Waals surface area contributed by atoms with Crippen molar-refractivity contribution < 1.29 is 14.0 Å². The van der Waals surface area contributed by atoms with Gasteiger partial charge in [0.2, 0.25) is 5.91 Å². The lowest BCUT2D eigenvalue weighted by Crippen LogP contribution is -2.48. The molecule has 6 heteroatoms. The number of rotatable bonds is 4. The zero-order valence-electron chi connectivity index (χ0n) is 14.8. The molecule has 1 aliphatic rings. The molecule has 2 amide bonds. The summed E-state index contributed by atoms with van der Waals surface area (Å²) in [5.74, 6) is -0.329. The van der Waals surface area contributed by atoms with Crippen molar-refractivity contribution in [2.45, 2.75) is 44.7 Å². The number of aromatic nitrogens is 1. The molecule has 0 bridgehead atoms. The van der Waals surface area contributed by atoms with Crippen LogP contribution in [0.1, 0.15) is 54.7 Å². The second kappa shape index (κ2) is 7.59. The topological polar surface area (TPSA) is 67.5 Å². The van der Waals surface area contributed by atoms with Crippen LogP contribution in [-0.4, -0.2) is 33.9 Å². The first-order valence-corrected chi connectivity index (χ1v) is 8.82. The van der Waals surface area contributed by atoms with Crippen LogP contribution in [0.2, 0.25) is 0 Å². The van der Waals surface area contributed by atoms with Crippen LogP contribution in [0.15, 0.2) is 41.3 Å². The van der Waals surface area contributed by atoms with Gasteiger partial charge in [0, 0.05) is 25.5 Å². The number of hydrogen-bond donors (Lipinski definition) is 1. The van der Waals surface area contributed by atoms with Gasteiger partial charge in [-0.15, -0.1) is 0 Å². The Balaban J connectivity index is 1.75. The highest BCUT2D eigenvalue weighted by atomic mass is 16.3. The summed E-state index contributed by atoms with van der Waals surface area (Å²) in [6.07, 6.45) is 9.01. The number of nitrogens with one attached hydrogen (secondary N) is 1. The van der Waals surface area contributed by atoms with E-state index < -0.39 is 6.04 Å². The van der Waals surface area contributed by atoms with Gasteiger partial charge in [0.05, 0.1) is 17.9 Å². The fraction of sp³-hybridized carbons (Fsp3) is 0.474. The Morgan fingerprint density at radius 3 is 2.80 bits per heavy atom. The van der Waals surface area contributed by atoms with E-state index in [-0.39, 0.29) is 17.9 Å². The van der Waals surface area contributed by atoms with E-state index in [4.69, 9.17) is 4.42 Å². The molecule has 3 rings (SSSR count). The molecule has 1 fully saturated rings. The first kappa shape index (κ1) is 17.3. The van der Waals surface area contributed by atoms with E-state index in [9.17, 15) is 9.59 Å². The molecule has 25 heavy (non-hydrogen) atoms. The maximum atomic E-state index is 13.1. The molecule has 0 aliphatic carbocycles. The van der Waals surface area contributed by atoms with Gasteiger partial charge in [0.15, 0.2) is 0 Å². The molecule has 0 saturated carbocycles. The molecular formula is C19H25N3O3. The second-order valence-corrected chi connectivity index (χ2v) is 6.65. The zero-order chi connectivity index (χ0) is 17.8. The summed E-state index contributed by atoms with van der Waals surface area (Å²) in [7, 11) is 2.01. The Bertz CT molecular complexity index is 720. The Hall–Kier alpha value is -2.50. The molecule has 2 atom stereocenters. The molecule has 1 saturated heterocycles. The van der Waals surface area contributed by atoms with E-state index in [2.05, 4.69) is 16.0 Å². The molecule has 2 aromatic rings. The summed E-state index contributed by atoms with van der Waals surface area (Å²) < 4.78 is 7.01. The van der Waals surface area contributed by atoms with E-state index in [1.54, 1.807) is 13.0 Å². The molecule has 2 unspecified atom stereocenters. The quantitative estimate of drug-likeness (QED) is 0.928. The molecule has 0 radical (unpaired) electrons. The van der Waals surface area contributed by atoms with Crippen LogP contribution in [0.4, 0.5) is 0 Å². The first-order chi connectivity index (χ1) is 12.1. The largest absolute Gasteiger partial charge is 0.472 e. The maximum absolute atomic E-state index is 13.1. The fourth-order valence-corrected chi connectivity index (χ4v) is 3.48. The van der Waals surface area contributed by atoms with Crippen LogP contribution >= 0.6 is 0 Å². The summed E-state index contributed by atoms with van der Waals surface area (Å²) in [6.45, 7) is 2.47. The minimum atomic E-state index is -0.580. The van der Waals surface area contributed by atoms with Gasteiger partial charge in [0.25, 0.3) is 5.91 Å². The van der Waals surface area contributed by atoms with Crippen molar-refractivity contribution in [3.05, 3.63) is 48.2 Å². The number of carbonyl (C=O) groups is 2. The molecule has 2 aromatic heterocycles. The SMILES string of the molecule is CC(NC(=O)c1ccoc1)C(=O)N1CCCCCC1c1cccn1C. The van der Waals surface area contributed by atoms with Gasteiger partial charge in [-0.05, 0) is 38.0 Å². The number of amides is 2. The molecular weight excluding hydrogens is 318 g/mol. The highest BCUT2D eigenvalue weighted by molar-refractivity contribution is 5.97. The minimum Gasteiger partial charge on any atom is -0.472 e. The van der Waals surface area contributed by atoms with E-state index in [0.717, 1.165) is 37.9 Å². The number of hydrogen-bond acceptors (Lipinski definition) is 3. The Morgan fingerprint density at radius 2 is 2.12 bits per heavy atom. The first-order valence-electron chi connectivity index (χ1n) is 8.82. The van der Waals surface area contributed by atoms with Crippen molar-refractivity contribution in [2.24, 2.45) is 7.05 Å². The van der Waals surface area contributed by atoms with Gasteiger partial charge in [-0.25, -0.2) is 0 Å². The Labute approximate surface area is 147 Å². The third-order valence-corrected chi connectivity index (χ3v) is 4.86. The van der Waals surface area contributed by atoms with Crippen LogP contribution in [0.5, 0.6) is 0 Å². The van der Waals surface area contributed by atoms with Gasteiger partial charge < -0.3 is 19.2 Å². The summed E-state index contributed by atoms with van der Waals surface area (Å²) in [6, 6.07) is 5.15. The monoisotopic (exact) mass is 343 g/mol. The van der Waals surface area contributed by atoms with Gasteiger partial charge in [-0.1, -0.05) is 12.8 Å². The van der Waals surface area contributed by atoms with E-state index in [1.165, 1.54) is 12.5 Å². The predicted octanol–water partition coefficient (Wildman–Crippen LogP) is 2.88. The van der Waals surface area contributed by atoms with Crippen LogP contribution in [0.25, 0.3) is 0 Å². The third kappa shape index (κ3) is 3.78. The predicted molar refractivity (Wildman–Crippen MR) is 94.0 cm³/mol. The van der Waals surface area contributed by atoms with Gasteiger partial charge in [0.1, 0.15) is 12.3 Å². The smallest absolute Gasteiger partial charge is 0.255 e. The van der Waals surface area contributed by atoms with Crippen LogP contribution in [-0.2, 0) is 11.8 Å². The molecule has 1 aliphatic heterocycles. The van der Waals surface area contributed by atoms with Crippen molar-refractivity contribution in [1.82, 2.24) is 14.8 Å². The summed E-state index contributed by atoms with van der Waals surface area (Å²) in [4.78, 5) is 27.2. The van der Waals surface area contributed by atoms with E-state index in [1.807, 2.05) is 24.2 Å². The number of nitrogens with zero attached hydrogens (tertiary/aromatic N) is 2. The molecule has 134 valence electrons. The molecule has 6 nitrogen and oxygen atoms in total. The van der Waals surface area contributed by atoms with Crippen molar-refractivity contribution in [2.75, 3.05) is 6.54 Å². The molecule has 0 aromatic carbocycles. The zero-order valence-corrected chi connectivity index (χ0v) is 14.8. The van der Waals surface area contributed by atoms with Gasteiger partial charge >= 0.3 is 0 Å². The molecule has 0 spiro atoms. The van der Waals surface area contributed by atoms with Crippen LogP contribution < -0.4 is 5.32 Å². The molecule has 3 heterocycles. The van der Waals surface area contributed by atoms with Crippen molar-refractivity contribution in [3.63, 3.8) is 0 Å². The van der Waals surface area contributed by atoms with Crippen molar-refractivity contribution >= 4 is 11.8 Å². The number of aryl methyl sites for hydroxylation is 1. The summed E-state index contributed by atoms with van der Waals surface area (Å²) in [5, 5.41) is 2.78. The van der Waals surface area contributed by atoms with Crippen molar-refractivity contribution in [3.8, 4) is 0 Å². The van der Waals surface area contributed by atoms with Crippen LogP contribution in [0, 0.1) is 0 Å². The van der Waals surface area contributed by atoms with Crippen LogP contribution in [0.3, 0.4) is 0 Å².